The van der Waals surface area contributed by atoms with Crippen molar-refractivity contribution in [3.63, 3.8) is 0 Å². The van der Waals surface area contributed by atoms with Crippen molar-refractivity contribution in [1.82, 2.24) is 5.32 Å². The second kappa shape index (κ2) is 5.94. The molecule has 0 bridgehead atoms. The van der Waals surface area contributed by atoms with Crippen LogP contribution in [0.1, 0.15) is 25.8 Å². The third-order valence-electron chi connectivity index (χ3n) is 3.21. The number of rotatable bonds is 6. The second-order valence-corrected chi connectivity index (χ2v) is 5.32. The molecule has 0 aliphatic heterocycles. The lowest BCUT2D eigenvalue weighted by Crippen LogP contribution is -2.25. The summed E-state index contributed by atoms with van der Waals surface area (Å²) in [6.07, 6.45) is 0.575. The molecular weight excluding hydrogens is 258 g/mol. The van der Waals surface area contributed by atoms with Crippen molar-refractivity contribution in [2.75, 3.05) is 0 Å². The molecule has 20 heavy (non-hydrogen) atoms. The zero-order chi connectivity index (χ0) is 14.7. The van der Waals surface area contributed by atoms with Gasteiger partial charge in [-0.15, -0.1) is 0 Å². The van der Waals surface area contributed by atoms with E-state index >= 15 is 0 Å². The Kier molecular flexibility index (Phi) is 4.27. The fraction of sp³-hybridized carbons (Fsp3) is 0.467. The Bertz CT molecular complexity index is 495. The van der Waals surface area contributed by atoms with E-state index in [-0.39, 0.29) is 17.9 Å². The van der Waals surface area contributed by atoms with E-state index in [0.29, 0.717) is 13.0 Å². The lowest BCUT2D eigenvalue weighted by atomic mass is 10.2. The minimum absolute atomic E-state index is 0.128. The third kappa shape index (κ3) is 3.73. The minimum atomic E-state index is -0.889. The first-order valence-electron chi connectivity index (χ1n) is 6.73. The maximum atomic E-state index is 11.7. The standard InChI is InChI=1S/C15H19NO4/c1-9(2)20-11-5-3-10(4-6-11)8-16-14(17)12-7-13(12)15(18)19/h3-6,9,12-13H,7-8H2,1-2H3,(H,16,17)(H,18,19)/t12-,13-/m1/s1. The van der Waals surface area contributed by atoms with E-state index in [4.69, 9.17) is 9.84 Å². The molecule has 1 aromatic rings. The molecular formula is C15H19NO4. The predicted octanol–water partition coefficient (Wildman–Crippen LogP) is 1.81. The average molecular weight is 277 g/mol. The molecule has 0 unspecified atom stereocenters. The summed E-state index contributed by atoms with van der Waals surface area (Å²) in [5, 5.41) is 11.5. The van der Waals surface area contributed by atoms with E-state index in [2.05, 4.69) is 5.32 Å². The van der Waals surface area contributed by atoms with Crippen LogP contribution in [0.15, 0.2) is 24.3 Å². The molecule has 1 amide bonds. The predicted molar refractivity (Wildman–Crippen MR) is 73.3 cm³/mol. The molecule has 0 aromatic heterocycles. The van der Waals surface area contributed by atoms with Crippen molar-refractivity contribution in [3.05, 3.63) is 29.8 Å². The number of nitrogens with one attached hydrogen (secondary N) is 1. The fourth-order valence-corrected chi connectivity index (χ4v) is 2.04. The summed E-state index contributed by atoms with van der Waals surface area (Å²) in [6.45, 7) is 4.33. The molecule has 1 aliphatic rings. The number of hydrogen-bond acceptors (Lipinski definition) is 3. The highest BCUT2D eigenvalue weighted by molar-refractivity contribution is 5.89. The van der Waals surface area contributed by atoms with Gasteiger partial charge < -0.3 is 15.2 Å². The number of carbonyl (C=O) groups excluding carboxylic acids is 1. The Morgan fingerprint density at radius 3 is 2.45 bits per heavy atom. The quantitative estimate of drug-likeness (QED) is 0.831. The summed E-state index contributed by atoms with van der Waals surface area (Å²) in [5.41, 5.74) is 0.960. The number of hydrogen-bond donors (Lipinski definition) is 2. The van der Waals surface area contributed by atoms with Gasteiger partial charge in [-0.25, -0.2) is 0 Å². The maximum absolute atomic E-state index is 11.7. The number of carboxylic acid groups (broad SMARTS) is 1. The number of amides is 1. The van der Waals surface area contributed by atoms with E-state index in [1.54, 1.807) is 0 Å². The highest BCUT2D eigenvalue weighted by atomic mass is 16.5. The smallest absolute Gasteiger partial charge is 0.307 e. The molecule has 0 spiro atoms. The van der Waals surface area contributed by atoms with Gasteiger partial charge in [-0.3, -0.25) is 9.59 Å². The lowest BCUT2D eigenvalue weighted by molar-refractivity contribution is -0.140. The SMILES string of the molecule is CC(C)Oc1ccc(CNC(=O)[C@@H]2C[C@H]2C(=O)O)cc1. The normalized spacial score (nSPS) is 20.6. The van der Waals surface area contributed by atoms with Crippen LogP contribution in [0.4, 0.5) is 0 Å². The summed E-state index contributed by atoms with van der Waals surface area (Å²) in [4.78, 5) is 22.4. The van der Waals surface area contributed by atoms with Crippen LogP contribution in [0, 0.1) is 11.8 Å². The number of carboxylic acids is 1. The monoisotopic (exact) mass is 277 g/mol. The zero-order valence-electron chi connectivity index (χ0n) is 11.6. The maximum Gasteiger partial charge on any atom is 0.307 e. The second-order valence-electron chi connectivity index (χ2n) is 5.32. The molecule has 1 fully saturated rings. The Hall–Kier alpha value is -2.04. The summed E-state index contributed by atoms with van der Waals surface area (Å²) < 4.78 is 5.53. The number of ether oxygens (including phenoxy) is 1. The van der Waals surface area contributed by atoms with Gasteiger partial charge in [0, 0.05) is 6.54 Å². The first kappa shape index (κ1) is 14.4. The third-order valence-corrected chi connectivity index (χ3v) is 3.21. The van der Waals surface area contributed by atoms with Crippen LogP contribution in [0.2, 0.25) is 0 Å². The van der Waals surface area contributed by atoms with Crippen LogP contribution in [0.25, 0.3) is 0 Å². The molecule has 2 atom stereocenters. The first-order valence-corrected chi connectivity index (χ1v) is 6.73. The molecule has 0 radical (unpaired) electrons. The number of benzene rings is 1. The number of aliphatic carboxylic acids is 1. The van der Waals surface area contributed by atoms with Gasteiger partial charge >= 0.3 is 5.97 Å². The molecule has 1 saturated carbocycles. The Morgan fingerprint density at radius 1 is 1.30 bits per heavy atom. The van der Waals surface area contributed by atoms with Crippen molar-refractivity contribution in [1.29, 1.82) is 0 Å². The summed E-state index contributed by atoms with van der Waals surface area (Å²) >= 11 is 0. The Labute approximate surface area is 117 Å². The van der Waals surface area contributed by atoms with Gasteiger partial charge in [0.15, 0.2) is 0 Å². The molecule has 0 saturated heterocycles. The van der Waals surface area contributed by atoms with Crippen molar-refractivity contribution < 1.29 is 19.4 Å². The van der Waals surface area contributed by atoms with Crippen LogP contribution in [-0.4, -0.2) is 23.1 Å². The molecule has 5 heteroatoms. The molecule has 2 rings (SSSR count). The van der Waals surface area contributed by atoms with Crippen molar-refractivity contribution >= 4 is 11.9 Å². The van der Waals surface area contributed by atoms with E-state index < -0.39 is 11.9 Å². The van der Waals surface area contributed by atoms with E-state index in [0.717, 1.165) is 11.3 Å². The van der Waals surface area contributed by atoms with Crippen LogP contribution in [0.5, 0.6) is 5.75 Å². The highest BCUT2D eigenvalue weighted by Gasteiger charge is 2.48. The van der Waals surface area contributed by atoms with Gasteiger partial charge in [-0.05, 0) is 38.0 Å². The van der Waals surface area contributed by atoms with Gasteiger partial charge in [0.25, 0.3) is 0 Å². The number of carbonyl (C=O) groups is 2. The van der Waals surface area contributed by atoms with Crippen LogP contribution >= 0.6 is 0 Å². The lowest BCUT2D eigenvalue weighted by Gasteiger charge is -2.10. The van der Waals surface area contributed by atoms with Gasteiger partial charge in [-0.2, -0.15) is 0 Å². The summed E-state index contributed by atoms with van der Waals surface area (Å²) in [5.74, 6) is -1.14. The molecule has 108 valence electrons. The van der Waals surface area contributed by atoms with Gasteiger partial charge in [-0.1, -0.05) is 12.1 Å². The van der Waals surface area contributed by atoms with Crippen molar-refractivity contribution in [2.45, 2.75) is 32.9 Å². The van der Waals surface area contributed by atoms with Gasteiger partial charge in [0.2, 0.25) is 5.91 Å². The average Bonchev–Trinajstić information content (AvgIpc) is 3.17. The van der Waals surface area contributed by atoms with Crippen LogP contribution in [-0.2, 0) is 16.1 Å². The van der Waals surface area contributed by atoms with Crippen LogP contribution < -0.4 is 10.1 Å². The van der Waals surface area contributed by atoms with E-state index in [9.17, 15) is 9.59 Å². The molecule has 0 heterocycles. The first-order chi connectivity index (χ1) is 9.47. The Morgan fingerprint density at radius 2 is 1.95 bits per heavy atom. The summed E-state index contributed by atoms with van der Waals surface area (Å²) in [6, 6.07) is 7.50. The van der Waals surface area contributed by atoms with Crippen molar-refractivity contribution in [3.8, 4) is 5.75 Å². The fourth-order valence-electron chi connectivity index (χ4n) is 2.04. The van der Waals surface area contributed by atoms with Crippen LogP contribution in [0.3, 0.4) is 0 Å². The Balaban J connectivity index is 1.80. The zero-order valence-corrected chi connectivity index (χ0v) is 11.6. The van der Waals surface area contributed by atoms with Gasteiger partial charge in [0.05, 0.1) is 17.9 Å². The molecule has 2 N–H and O–H groups in total. The molecule has 1 aliphatic carbocycles. The summed E-state index contributed by atoms with van der Waals surface area (Å²) in [7, 11) is 0. The topological polar surface area (TPSA) is 75.6 Å². The molecule has 1 aromatic carbocycles. The molecule has 5 nitrogen and oxygen atoms in total. The van der Waals surface area contributed by atoms with E-state index in [1.165, 1.54) is 0 Å². The van der Waals surface area contributed by atoms with Crippen molar-refractivity contribution in [2.24, 2.45) is 11.8 Å². The largest absolute Gasteiger partial charge is 0.491 e. The highest BCUT2D eigenvalue weighted by Crippen LogP contribution is 2.38. The van der Waals surface area contributed by atoms with Gasteiger partial charge in [0.1, 0.15) is 5.75 Å². The van der Waals surface area contributed by atoms with E-state index in [1.807, 2.05) is 38.1 Å². The minimum Gasteiger partial charge on any atom is -0.491 e.